The van der Waals surface area contributed by atoms with Gasteiger partial charge in [0, 0.05) is 36.0 Å². The van der Waals surface area contributed by atoms with E-state index in [2.05, 4.69) is 20.9 Å². The molecule has 1 aromatic heterocycles. The average Bonchev–Trinajstić information content (AvgIpc) is 2.96. The maximum atomic E-state index is 12.0. The first-order valence-corrected chi connectivity index (χ1v) is 8.16. The van der Waals surface area contributed by atoms with Crippen LogP contribution in [-0.4, -0.2) is 30.4 Å². The van der Waals surface area contributed by atoms with Gasteiger partial charge in [-0.3, -0.25) is 9.59 Å². The van der Waals surface area contributed by atoms with Crippen LogP contribution >= 0.6 is 11.3 Å². The molecule has 2 amide bonds. The van der Waals surface area contributed by atoms with Gasteiger partial charge in [-0.05, 0) is 19.2 Å². The normalized spacial score (nSPS) is 11.8. The smallest absolute Gasteiger partial charge is 0.230 e. The Labute approximate surface area is 139 Å². The summed E-state index contributed by atoms with van der Waals surface area (Å²) in [5.74, 6) is -0.280. The van der Waals surface area contributed by atoms with Gasteiger partial charge in [-0.25, -0.2) is 4.98 Å². The number of carbonyl (C=O) groups is 2. The second kappa shape index (κ2) is 7.85. The summed E-state index contributed by atoms with van der Waals surface area (Å²) in [6, 6.07) is 7.41. The van der Waals surface area contributed by atoms with E-state index >= 15 is 0 Å². The van der Waals surface area contributed by atoms with Crippen LogP contribution in [-0.2, 0) is 9.59 Å². The Bertz CT molecular complexity index is 682. The molecule has 1 heterocycles. The van der Waals surface area contributed by atoms with Gasteiger partial charge in [0.25, 0.3) is 0 Å². The van der Waals surface area contributed by atoms with Gasteiger partial charge in [0.15, 0.2) is 5.13 Å². The fraction of sp³-hybridized carbons (Fsp3) is 0.312. The lowest BCUT2D eigenvalue weighted by Gasteiger charge is -2.09. The number of rotatable bonds is 6. The highest BCUT2D eigenvalue weighted by Gasteiger charge is 2.14. The van der Waals surface area contributed by atoms with Crippen LogP contribution in [0.25, 0.3) is 11.3 Å². The van der Waals surface area contributed by atoms with Crippen molar-refractivity contribution in [2.24, 2.45) is 5.92 Å². The number of nitrogens with zero attached hydrogens (tertiary/aromatic N) is 1. The van der Waals surface area contributed by atoms with Crippen molar-refractivity contribution in [3.63, 3.8) is 0 Å². The molecule has 23 heavy (non-hydrogen) atoms. The number of thiazole rings is 1. The Morgan fingerprint density at radius 3 is 2.52 bits per heavy atom. The van der Waals surface area contributed by atoms with Crippen molar-refractivity contribution in [2.75, 3.05) is 24.2 Å². The summed E-state index contributed by atoms with van der Waals surface area (Å²) in [4.78, 5) is 27.4. The van der Waals surface area contributed by atoms with Crippen LogP contribution in [0.1, 0.15) is 13.8 Å². The largest absolute Gasteiger partial charge is 0.326 e. The zero-order chi connectivity index (χ0) is 16.8. The van der Waals surface area contributed by atoms with Gasteiger partial charge < -0.3 is 16.0 Å². The molecule has 1 aromatic carbocycles. The van der Waals surface area contributed by atoms with E-state index in [9.17, 15) is 9.59 Å². The summed E-state index contributed by atoms with van der Waals surface area (Å²) in [5, 5.41) is 11.0. The number of carbonyl (C=O) groups excluding carboxylic acids is 2. The second-order valence-corrected chi connectivity index (χ2v) is 6.10. The third-order valence-corrected chi connectivity index (χ3v) is 3.95. The van der Waals surface area contributed by atoms with Crippen molar-refractivity contribution in [1.82, 2.24) is 10.3 Å². The topological polar surface area (TPSA) is 83.1 Å². The molecule has 0 radical (unpaired) electrons. The Morgan fingerprint density at radius 2 is 1.91 bits per heavy atom. The monoisotopic (exact) mass is 332 g/mol. The average molecular weight is 332 g/mol. The van der Waals surface area contributed by atoms with Crippen LogP contribution in [0, 0.1) is 5.92 Å². The minimum absolute atomic E-state index is 0.0544. The van der Waals surface area contributed by atoms with E-state index in [-0.39, 0.29) is 17.7 Å². The molecule has 0 aliphatic rings. The van der Waals surface area contributed by atoms with E-state index in [0.29, 0.717) is 11.7 Å². The number of aromatic nitrogens is 1. The number of nitrogens with one attached hydrogen (secondary N) is 3. The van der Waals surface area contributed by atoms with Gasteiger partial charge in [-0.1, -0.05) is 19.1 Å². The van der Waals surface area contributed by atoms with Crippen LogP contribution in [0.5, 0.6) is 0 Å². The molecule has 7 heteroatoms. The number of hydrogen-bond donors (Lipinski definition) is 3. The maximum absolute atomic E-state index is 12.0. The lowest BCUT2D eigenvalue weighted by atomic mass is 10.1. The van der Waals surface area contributed by atoms with E-state index < -0.39 is 0 Å². The number of anilines is 2. The van der Waals surface area contributed by atoms with Gasteiger partial charge in [0.05, 0.1) is 5.69 Å². The van der Waals surface area contributed by atoms with E-state index in [0.717, 1.165) is 16.9 Å². The number of hydrogen-bond acceptors (Lipinski definition) is 5. The van der Waals surface area contributed by atoms with Crippen LogP contribution in [0.2, 0.25) is 0 Å². The molecule has 1 atom stereocenters. The first-order chi connectivity index (χ1) is 11.0. The first kappa shape index (κ1) is 17.1. The Balaban J connectivity index is 2.04. The fourth-order valence-electron chi connectivity index (χ4n) is 2.02. The van der Waals surface area contributed by atoms with Gasteiger partial charge in [0.2, 0.25) is 11.8 Å². The van der Waals surface area contributed by atoms with Gasteiger partial charge in [0.1, 0.15) is 0 Å². The molecule has 3 N–H and O–H groups in total. The molecular formula is C16H20N4O2S. The van der Waals surface area contributed by atoms with Crippen molar-refractivity contribution >= 4 is 34.0 Å². The van der Waals surface area contributed by atoms with Crippen molar-refractivity contribution in [3.05, 3.63) is 29.6 Å². The lowest BCUT2D eigenvalue weighted by Crippen LogP contribution is -2.28. The third-order valence-electron chi connectivity index (χ3n) is 3.19. The molecule has 0 aliphatic heterocycles. The van der Waals surface area contributed by atoms with Crippen molar-refractivity contribution in [2.45, 2.75) is 13.8 Å². The minimum atomic E-state index is -0.121. The molecule has 6 nitrogen and oxygen atoms in total. The Hall–Kier alpha value is -2.25. The van der Waals surface area contributed by atoms with Crippen LogP contribution in [0.3, 0.4) is 0 Å². The fourth-order valence-corrected chi connectivity index (χ4v) is 2.74. The zero-order valence-electron chi connectivity index (χ0n) is 13.3. The predicted octanol–water partition coefficient (Wildman–Crippen LogP) is 2.56. The second-order valence-electron chi connectivity index (χ2n) is 5.24. The van der Waals surface area contributed by atoms with Crippen molar-refractivity contribution < 1.29 is 9.59 Å². The standard InChI is InChI=1S/C16H20N4O2S/c1-10(8-17-3)15(22)20-16-19-14(9-23-16)12-4-6-13(7-5-12)18-11(2)21/h4-7,9-10,17H,8H2,1-3H3,(H,18,21)(H,19,20,22). The summed E-state index contributed by atoms with van der Waals surface area (Å²) < 4.78 is 0. The summed E-state index contributed by atoms with van der Waals surface area (Å²) in [7, 11) is 1.82. The molecule has 0 aliphatic carbocycles. The molecule has 0 fully saturated rings. The zero-order valence-corrected chi connectivity index (χ0v) is 14.2. The molecule has 0 bridgehead atoms. The number of amides is 2. The van der Waals surface area contributed by atoms with E-state index in [1.165, 1.54) is 18.3 Å². The highest BCUT2D eigenvalue weighted by Crippen LogP contribution is 2.26. The van der Waals surface area contributed by atoms with Crippen LogP contribution < -0.4 is 16.0 Å². The quantitative estimate of drug-likeness (QED) is 0.759. The molecular weight excluding hydrogens is 312 g/mol. The molecule has 2 rings (SSSR count). The number of benzene rings is 1. The van der Waals surface area contributed by atoms with Crippen LogP contribution in [0.4, 0.5) is 10.8 Å². The summed E-state index contributed by atoms with van der Waals surface area (Å²) >= 11 is 1.39. The molecule has 2 aromatic rings. The minimum Gasteiger partial charge on any atom is -0.326 e. The van der Waals surface area contributed by atoms with Gasteiger partial charge in [-0.15, -0.1) is 11.3 Å². The van der Waals surface area contributed by atoms with Gasteiger partial charge >= 0.3 is 0 Å². The highest BCUT2D eigenvalue weighted by atomic mass is 32.1. The maximum Gasteiger partial charge on any atom is 0.230 e. The molecule has 0 saturated carbocycles. The summed E-state index contributed by atoms with van der Waals surface area (Å²) in [6.07, 6.45) is 0. The van der Waals surface area contributed by atoms with E-state index in [1.54, 1.807) is 0 Å². The SMILES string of the molecule is CNCC(C)C(=O)Nc1nc(-c2ccc(NC(C)=O)cc2)cs1. The first-order valence-electron chi connectivity index (χ1n) is 7.28. The molecule has 122 valence electrons. The molecule has 0 spiro atoms. The van der Waals surface area contributed by atoms with Crippen molar-refractivity contribution in [3.8, 4) is 11.3 Å². The molecule has 1 unspecified atom stereocenters. The van der Waals surface area contributed by atoms with E-state index in [4.69, 9.17) is 0 Å². The van der Waals surface area contributed by atoms with Gasteiger partial charge in [-0.2, -0.15) is 0 Å². The summed E-state index contributed by atoms with van der Waals surface area (Å²) in [5.41, 5.74) is 2.46. The highest BCUT2D eigenvalue weighted by molar-refractivity contribution is 7.14. The molecule has 0 saturated heterocycles. The Morgan fingerprint density at radius 1 is 1.22 bits per heavy atom. The Kier molecular flexibility index (Phi) is 5.84. The summed E-state index contributed by atoms with van der Waals surface area (Å²) in [6.45, 7) is 3.95. The third kappa shape index (κ3) is 4.87. The van der Waals surface area contributed by atoms with Crippen molar-refractivity contribution in [1.29, 1.82) is 0 Å². The van der Waals surface area contributed by atoms with Crippen LogP contribution in [0.15, 0.2) is 29.6 Å². The lowest BCUT2D eigenvalue weighted by molar-refractivity contribution is -0.119. The predicted molar refractivity (Wildman–Crippen MR) is 93.6 cm³/mol. The van der Waals surface area contributed by atoms with E-state index in [1.807, 2.05) is 43.6 Å².